The Morgan fingerprint density at radius 3 is 2.30 bits per heavy atom. The van der Waals surface area contributed by atoms with Crippen LogP contribution in [0.15, 0.2) is 77.7 Å². The largest absolute Gasteiger partial charge is 0.341 e. The van der Waals surface area contributed by atoms with E-state index in [9.17, 15) is 13.2 Å². The molecule has 3 aromatic carbocycles. The van der Waals surface area contributed by atoms with Crippen LogP contribution in [0.1, 0.15) is 52.4 Å². The minimum atomic E-state index is -3.77. The second-order valence-electron chi connectivity index (χ2n) is 8.28. The third kappa shape index (κ3) is 5.13. The Morgan fingerprint density at radius 2 is 1.61 bits per heavy atom. The maximum Gasteiger partial charge on any atom is 0.252 e. The molecule has 0 spiro atoms. The number of nitrogens with one attached hydrogen (secondary N) is 1. The minimum absolute atomic E-state index is 0.0223. The topological polar surface area (TPSA) is 66.5 Å². The van der Waals surface area contributed by atoms with Crippen molar-refractivity contribution in [2.45, 2.75) is 37.1 Å². The minimum Gasteiger partial charge on any atom is -0.341 e. The summed E-state index contributed by atoms with van der Waals surface area (Å²) in [5.41, 5.74) is 3.23. The first-order valence-electron chi connectivity index (χ1n) is 11.1. The number of nitrogens with zero attached hydrogens (tertiary/aromatic N) is 1. The Bertz CT molecular complexity index is 1240. The van der Waals surface area contributed by atoms with Gasteiger partial charge in [-0.2, -0.15) is 4.31 Å². The van der Waals surface area contributed by atoms with Gasteiger partial charge in [0.2, 0.25) is 10.0 Å². The van der Waals surface area contributed by atoms with Crippen LogP contribution < -0.4 is 5.32 Å². The van der Waals surface area contributed by atoms with Crippen molar-refractivity contribution in [3.05, 3.63) is 100 Å². The van der Waals surface area contributed by atoms with Gasteiger partial charge < -0.3 is 5.32 Å². The fraction of sp³-hybridized carbons (Fsp3) is 0.269. The van der Waals surface area contributed by atoms with E-state index in [-0.39, 0.29) is 27.4 Å². The lowest BCUT2D eigenvalue weighted by Gasteiger charge is -2.26. The van der Waals surface area contributed by atoms with E-state index in [1.54, 1.807) is 6.07 Å². The number of amides is 1. The second kappa shape index (κ2) is 10.1. The molecule has 1 amide bonds. The quantitative estimate of drug-likeness (QED) is 0.515. The zero-order chi connectivity index (χ0) is 23.4. The van der Waals surface area contributed by atoms with Crippen molar-refractivity contribution in [3.8, 4) is 0 Å². The number of sulfonamides is 1. The number of benzene rings is 3. The van der Waals surface area contributed by atoms with Gasteiger partial charge in [0.15, 0.2) is 0 Å². The summed E-state index contributed by atoms with van der Waals surface area (Å²) in [4.78, 5) is 13.3. The molecule has 1 atom stereocenters. The molecule has 1 saturated heterocycles. The third-order valence-corrected chi connectivity index (χ3v) is 8.41. The third-order valence-electron chi connectivity index (χ3n) is 6.03. The molecule has 33 heavy (non-hydrogen) atoms. The van der Waals surface area contributed by atoms with E-state index >= 15 is 0 Å². The zero-order valence-corrected chi connectivity index (χ0v) is 20.1. The summed E-state index contributed by atoms with van der Waals surface area (Å²) in [6.45, 7) is 2.94. The van der Waals surface area contributed by atoms with Crippen LogP contribution in [-0.2, 0) is 10.0 Å². The molecular weight excluding hydrogens is 456 g/mol. The maximum atomic E-state index is 13.3. The fourth-order valence-electron chi connectivity index (χ4n) is 4.20. The van der Waals surface area contributed by atoms with E-state index in [0.717, 1.165) is 36.0 Å². The van der Waals surface area contributed by atoms with Crippen molar-refractivity contribution in [3.63, 3.8) is 0 Å². The van der Waals surface area contributed by atoms with Gasteiger partial charge >= 0.3 is 0 Å². The smallest absolute Gasteiger partial charge is 0.252 e. The normalized spacial score (nSPS) is 15.7. The van der Waals surface area contributed by atoms with Crippen molar-refractivity contribution in [1.82, 2.24) is 9.62 Å². The number of hydrogen-bond donors (Lipinski definition) is 1. The van der Waals surface area contributed by atoms with E-state index in [2.05, 4.69) is 5.32 Å². The molecule has 1 heterocycles. The second-order valence-corrected chi connectivity index (χ2v) is 10.6. The van der Waals surface area contributed by atoms with Gasteiger partial charge in [-0.05, 0) is 54.7 Å². The highest BCUT2D eigenvalue weighted by Crippen LogP contribution is 2.29. The van der Waals surface area contributed by atoms with Crippen LogP contribution in [0.5, 0.6) is 0 Å². The molecule has 7 heteroatoms. The molecule has 172 valence electrons. The lowest BCUT2D eigenvalue weighted by molar-refractivity contribution is 0.0942. The SMILES string of the molecule is Cc1ccccc1C(NC(=O)c1ccc(Cl)c(S(=O)(=O)N2CCCCC2)c1)c1ccccc1. The van der Waals surface area contributed by atoms with E-state index in [0.29, 0.717) is 13.1 Å². The zero-order valence-electron chi connectivity index (χ0n) is 18.5. The number of carbonyl (C=O) groups excluding carboxylic acids is 1. The predicted molar refractivity (Wildman–Crippen MR) is 131 cm³/mol. The molecule has 0 bridgehead atoms. The number of aryl methyl sites for hydroxylation is 1. The monoisotopic (exact) mass is 482 g/mol. The van der Waals surface area contributed by atoms with Gasteiger partial charge in [0.1, 0.15) is 4.90 Å². The molecule has 4 rings (SSSR count). The Labute approximate surface area is 200 Å². The van der Waals surface area contributed by atoms with E-state index in [1.165, 1.54) is 16.4 Å². The van der Waals surface area contributed by atoms with Gasteiger partial charge in [-0.25, -0.2) is 8.42 Å². The number of piperidine rings is 1. The molecule has 1 aliphatic heterocycles. The summed E-state index contributed by atoms with van der Waals surface area (Å²) in [6, 6.07) is 21.7. The first kappa shape index (κ1) is 23.5. The average Bonchev–Trinajstić information content (AvgIpc) is 2.84. The Kier molecular flexibility index (Phi) is 7.17. The van der Waals surface area contributed by atoms with E-state index in [1.807, 2.05) is 61.5 Å². The molecule has 0 aromatic heterocycles. The van der Waals surface area contributed by atoms with E-state index in [4.69, 9.17) is 11.6 Å². The van der Waals surface area contributed by atoms with Crippen LogP contribution in [0.25, 0.3) is 0 Å². The van der Waals surface area contributed by atoms with Gasteiger partial charge in [-0.3, -0.25) is 4.79 Å². The van der Waals surface area contributed by atoms with E-state index < -0.39 is 10.0 Å². The fourth-order valence-corrected chi connectivity index (χ4v) is 6.22. The summed E-state index contributed by atoms with van der Waals surface area (Å²) in [5.74, 6) is -0.362. The van der Waals surface area contributed by atoms with Crippen molar-refractivity contribution in [2.75, 3.05) is 13.1 Å². The summed E-state index contributed by atoms with van der Waals surface area (Å²) < 4.78 is 27.9. The molecule has 3 aromatic rings. The Hall–Kier alpha value is -2.67. The Morgan fingerprint density at radius 1 is 0.939 bits per heavy atom. The van der Waals surface area contributed by atoms with Crippen LogP contribution in [0.3, 0.4) is 0 Å². The summed E-state index contributed by atoms with van der Waals surface area (Å²) in [5, 5.41) is 3.21. The van der Waals surface area contributed by atoms with Crippen LogP contribution in [-0.4, -0.2) is 31.7 Å². The molecule has 0 radical (unpaired) electrons. The highest BCUT2D eigenvalue weighted by Gasteiger charge is 2.29. The molecule has 0 aliphatic carbocycles. The molecule has 1 fully saturated rings. The molecule has 1 unspecified atom stereocenters. The number of rotatable bonds is 6. The standard InChI is InChI=1S/C26H27ClN2O3S/c1-19-10-6-7-13-22(19)25(20-11-4-2-5-12-20)28-26(30)21-14-15-23(27)24(18-21)33(31,32)29-16-8-3-9-17-29/h2,4-7,10-15,18,25H,3,8-9,16-17H2,1H3,(H,28,30). The van der Waals surface area contributed by atoms with Gasteiger partial charge in [0.05, 0.1) is 11.1 Å². The van der Waals surface area contributed by atoms with Crippen molar-refractivity contribution < 1.29 is 13.2 Å². The summed E-state index contributed by atoms with van der Waals surface area (Å²) in [7, 11) is -3.77. The van der Waals surface area contributed by atoms with Crippen molar-refractivity contribution in [1.29, 1.82) is 0 Å². The number of halogens is 1. The predicted octanol–water partition coefficient (Wildman–Crippen LogP) is 5.34. The van der Waals surface area contributed by atoms with Crippen LogP contribution in [0.4, 0.5) is 0 Å². The summed E-state index contributed by atoms with van der Waals surface area (Å²) >= 11 is 6.29. The van der Waals surface area contributed by atoms with Gasteiger partial charge in [0.25, 0.3) is 5.91 Å². The number of hydrogen-bond acceptors (Lipinski definition) is 3. The average molecular weight is 483 g/mol. The molecule has 1 N–H and O–H groups in total. The Balaban J connectivity index is 1.67. The highest BCUT2D eigenvalue weighted by molar-refractivity contribution is 7.89. The van der Waals surface area contributed by atoms with Crippen LogP contribution in [0, 0.1) is 6.92 Å². The lowest BCUT2D eigenvalue weighted by atomic mass is 9.94. The molecule has 0 saturated carbocycles. The van der Waals surface area contributed by atoms with Gasteiger partial charge in [-0.1, -0.05) is 72.6 Å². The van der Waals surface area contributed by atoms with Crippen molar-refractivity contribution in [2.24, 2.45) is 0 Å². The molecule has 1 aliphatic rings. The van der Waals surface area contributed by atoms with Gasteiger partial charge in [0, 0.05) is 18.7 Å². The van der Waals surface area contributed by atoms with Crippen LogP contribution >= 0.6 is 11.6 Å². The van der Waals surface area contributed by atoms with Gasteiger partial charge in [-0.15, -0.1) is 0 Å². The highest BCUT2D eigenvalue weighted by atomic mass is 35.5. The lowest BCUT2D eigenvalue weighted by Crippen LogP contribution is -2.36. The first-order chi connectivity index (χ1) is 15.9. The maximum absolute atomic E-state index is 13.3. The molecular formula is C26H27ClN2O3S. The van der Waals surface area contributed by atoms with Crippen LogP contribution in [0.2, 0.25) is 5.02 Å². The summed E-state index contributed by atoms with van der Waals surface area (Å²) in [6.07, 6.45) is 2.67. The first-order valence-corrected chi connectivity index (χ1v) is 12.9. The molecule has 5 nitrogen and oxygen atoms in total. The number of carbonyl (C=O) groups is 1. The van der Waals surface area contributed by atoms with Crippen molar-refractivity contribution >= 4 is 27.5 Å².